The quantitative estimate of drug-likeness (QED) is 0.851. The molecule has 1 amide bonds. The molecule has 1 unspecified atom stereocenters. The van der Waals surface area contributed by atoms with Gasteiger partial charge in [-0.3, -0.25) is 9.59 Å². The van der Waals surface area contributed by atoms with E-state index in [4.69, 9.17) is 5.11 Å². The van der Waals surface area contributed by atoms with Crippen LogP contribution in [0, 0.1) is 5.92 Å². The third-order valence-electron chi connectivity index (χ3n) is 3.57. The van der Waals surface area contributed by atoms with Gasteiger partial charge in [0.15, 0.2) is 0 Å². The zero-order chi connectivity index (χ0) is 13.7. The van der Waals surface area contributed by atoms with Crippen molar-refractivity contribution in [3.63, 3.8) is 0 Å². The molecule has 4 heteroatoms. The van der Waals surface area contributed by atoms with Gasteiger partial charge < -0.3 is 10.0 Å². The third-order valence-corrected chi connectivity index (χ3v) is 3.57. The van der Waals surface area contributed by atoms with Crippen LogP contribution in [-0.4, -0.2) is 35.0 Å². The van der Waals surface area contributed by atoms with Gasteiger partial charge in [-0.1, -0.05) is 30.3 Å². The van der Waals surface area contributed by atoms with Crippen molar-refractivity contribution in [2.24, 2.45) is 5.92 Å². The topological polar surface area (TPSA) is 57.6 Å². The number of rotatable bonds is 6. The summed E-state index contributed by atoms with van der Waals surface area (Å²) in [6.45, 7) is 1.44. The van der Waals surface area contributed by atoms with E-state index >= 15 is 0 Å². The summed E-state index contributed by atoms with van der Waals surface area (Å²) in [5, 5.41) is 8.66. The Kier molecular flexibility index (Phi) is 4.55. The average Bonchev–Trinajstić information content (AvgIpc) is 2.76. The summed E-state index contributed by atoms with van der Waals surface area (Å²) in [5.41, 5.74) is 1.23. The Morgan fingerprint density at radius 1 is 1.32 bits per heavy atom. The first kappa shape index (κ1) is 13.6. The molecule has 2 rings (SSSR count). The lowest BCUT2D eigenvalue weighted by atomic mass is 10.0. The minimum atomic E-state index is -0.782. The highest BCUT2D eigenvalue weighted by atomic mass is 16.4. The molecule has 1 aliphatic rings. The number of nitrogens with zero attached hydrogens (tertiary/aromatic N) is 1. The summed E-state index contributed by atoms with van der Waals surface area (Å²) < 4.78 is 0. The zero-order valence-electron chi connectivity index (χ0n) is 10.9. The second-order valence-corrected chi connectivity index (χ2v) is 5.08. The number of carbonyl (C=O) groups is 2. The molecule has 0 saturated carbocycles. The Balaban J connectivity index is 1.78. The molecule has 0 spiro atoms. The minimum Gasteiger partial charge on any atom is -0.481 e. The van der Waals surface area contributed by atoms with Gasteiger partial charge in [-0.15, -0.1) is 0 Å². The molecule has 1 aromatic carbocycles. The van der Waals surface area contributed by atoms with Crippen LogP contribution in [0.5, 0.6) is 0 Å². The van der Waals surface area contributed by atoms with Crippen LogP contribution in [0.2, 0.25) is 0 Å². The fourth-order valence-electron chi connectivity index (χ4n) is 2.50. The van der Waals surface area contributed by atoms with Crippen molar-refractivity contribution in [1.82, 2.24) is 4.90 Å². The highest BCUT2D eigenvalue weighted by Gasteiger charge is 2.29. The van der Waals surface area contributed by atoms with Gasteiger partial charge in [-0.25, -0.2) is 0 Å². The van der Waals surface area contributed by atoms with Crippen LogP contribution in [0.15, 0.2) is 30.3 Å². The fraction of sp³-hybridized carbons (Fsp3) is 0.467. The summed E-state index contributed by atoms with van der Waals surface area (Å²) in [7, 11) is 0. The number of aliphatic carboxylic acids is 1. The van der Waals surface area contributed by atoms with E-state index in [1.807, 2.05) is 23.1 Å². The summed E-state index contributed by atoms with van der Waals surface area (Å²) in [5.74, 6) is -0.416. The van der Waals surface area contributed by atoms with E-state index in [0.717, 1.165) is 13.0 Å². The molecule has 1 atom stereocenters. The largest absolute Gasteiger partial charge is 0.481 e. The van der Waals surface area contributed by atoms with Crippen LogP contribution in [0.3, 0.4) is 0 Å². The van der Waals surface area contributed by atoms with E-state index in [0.29, 0.717) is 19.4 Å². The highest BCUT2D eigenvalue weighted by Crippen LogP contribution is 2.22. The average molecular weight is 261 g/mol. The molecular weight excluding hydrogens is 242 g/mol. The molecule has 0 bridgehead atoms. The van der Waals surface area contributed by atoms with Crippen LogP contribution in [0.1, 0.15) is 24.8 Å². The van der Waals surface area contributed by atoms with Gasteiger partial charge in [0.1, 0.15) is 0 Å². The number of benzene rings is 1. The lowest BCUT2D eigenvalue weighted by molar-refractivity contribution is -0.137. The number of carboxylic acid groups (broad SMARTS) is 1. The molecule has 102 valence electrons. The Morgan fingerprint density at radius 3 is 2.74 bits per heavy atom. The van der Waals surface area contributed by atoms with E-state index in [2.05, 4.69) is 12.1 Å². The molecule has 4 nitrogen and oxygen atoms in total. The van der Waals surface area contributed by atoms with Crippen LogP contribution >= 0.6 is 0 Å². The normalized spacial score (nSPS) is 18.8. The standard InChI is InChI=1S/C15H19NO3/c17-14-10-13(6-7-15(18)19)11-16(14)9-8-12-4-2-1-3-5-12/h1-5,13H,6-11H2,(H,18,19). The number of likely N-dealkylation sites (tertiary alicyclic amines) is 1. The molecule has 1 aromatic rings. The Morgan fingerprint density at radius 2 is 2.05 bits per heavy atom. The van der Waals surface area contributed by atoms with Gasteiger partial charge in [0, 0.05) is 25.9 Å². The lowest BCUT2D eigenvalue weighted by Crippen LogP contribution is -2.27. The molecule has 1 fully saturated rings. The van der Waals surface area contributed by atoms with E-state index < -0.39 is 5.97 Å². The Bertz CT molecular complexity index is 444. The first-order valence-corrected chi connectivity index (χ1v) is 6.68. The Hall–Kier alpha value is -1.84. The number of hydrogen-bond acceptors (Lipinski definition) is 2. The maximum Gasteiger partial charge on any atom is 0.303 e. The van der Waals surface area contributed by atoms with Crippen molar-refractivity contribution < 1.29 is 14.7 Å². The monoisotopic (exact) mass is 261 g/mol. The van der Waals surface area contributed by atoms with E-state index in [-0.39, 0.29) is 18.2 Å². The predicted octanol–water partition coefficient (Wildman–Crippen LogP) is 1.94. The molecule has 1 heterocycles. The summed E-state index contributed by atoms with van der Waals surface area (Å²) in [6.07, 6.45) is 2.12. The number of carboxylic acids is 1. The number of carbonyl (C=O) groups excluding carboxylic acids is 1. The van der Waals surface area contributed by atoms with Crippen molar-refractivity contribution in [3.8, 4) is 0 Å². The van der Waals surface area contributed by atoms with Gasteiger partial charge >= 0.3 is 5.97 Å². The minimum absolute atomic E-state index is 0.157. The molecule has 19 heavy (non-hydrogen) atoms. The fourth-order valence-corrected chi connectivity index (χ4v) is 2.50. The summed E-state index contributed by atoms with van der Waals surface area (Å²) >= 11 is 0. The molecule has 1 saturated heterocycles. The van der Waals surface area contributed by atoms with Crippen molar-refractivity contribution >= 4 is 11.9 Å². The van der Waals surface area contributed by atoms with E-state index in [1.165, 1.54) is 5.56 Å². The maximum absolute atomic E-state index is 11.8. The molecule has 0 radical (unpaired) electrons. The third kappa shape index (κ3) is 4.09. The van der Waals surface area contributed by atoms with Gasteiger partial charge in [-0.05, 0) is 24.3 Å². The Labute approximate surface area is 113 Å². The van der Waals surface area contributed by atoms with Crippen molar-refractivity contribution in [1.29, 1.82) is 0 Å². The molecule has 1 N–H and O–H groups in total. The van der Waals surface area contributed by atoms with Crippen LogP contribution in [0.25, 0.3) is 0 Å². The predicted molar refractivity (Wildman–Crippen MR) is 71.7 cm³/mol. The van der Waals surface area contributed by atoms with Crippen molar-refractivity contribution in [2.75, 3.05) is 13.1 Å². The first-order chi connectivity index (χ1) is 9.15. The van der Waals surface area contributed by atoms with Gasteiger partial charge in [0.2, 0.25) is 5.91 Å². The summed E-state index contributed by atoms with van der Waals surface area (Å²) in [4.78, 5) is 24.2. The maximum atomic E-state index is 11.8. The van der Waals surface area contributed by atoms with Crippen LogP contribution < -0.4 is 0 Å². The van der Waals surface area contributed by atoms with Crippen molar-refractivity contribution in [3.05, 3.63) is 35.9 Å². The first-order valence-electron chi connectivity index (χ1n) is 6.68. The number of amides is 1. The van der Waals surface area contributed by atoms with E-state index in [1.54, 1.807) is 0 Å². The van der Waals surface area contributed by atoms with Crippen LogP contribution in [-0.2, 0) is 16.0 Å². The second kappa shape index (κ2) is 6.36. The van der Waals surface area contributed by atoms with E-state index in [9.17, 15) is 9.59 Å². The molecule has 1 aliphatic heterocycles. The van der Waals surface area contributed by atoms with Crippen LogP contribution in [0.4, 0.5) is 0 Å². The molecule has 0 aliphatic carbocycles. The lowest BCUT2D eigenvalue weighted by Gasteiger charge is -2.16. The molecular formula is C15H19NO3. The smallest absolute Gasteiger partial charge is 0.303 e. The highest BCUT2D eigenvalue weighted by molar-refractivity contribution is 5.78. The zero-order valence-corrected chi connectivity index (χ0v) is 10.9. The number of hydrogen-bond donors (Lipinski definition) is 1. The van der Waals surface area contributed by atoms with Gasteiger partial charge in [-0.2, -0.15) is 0 Å². The SMILES string of the molecule is O=C(O)CCC1CC(=O)N(CCc2ccccc2)C1. The molecule has 0 aromatic heterocycles. The van der Waals surface area contributed by atoms with Crippen molar-refractivity contribution in [2.45, 2.75) is 25.7 Å². The van der Waals surface area contributed by atoms with Gasteiger partial charge in [0.05, 0.1) is 0 Å². The van der Waals surface area contributed by atoms with Gasteiger partial charge in [0.25, 0.3) is 0 Å². The second-order valence-electron chi connectivity index (χ2n) is 5.08. The summed E-state index contributed by atoms with van der Waals surface area (Å²) in [6, 6.07) is 10.1.